The van der Waals surface area contributed by atoms with E-state index < -0.39 is 12.1 Å². The van der Waals surface area contributed by atoms with Gasteiger partial charge in [0.25, 0.3) is 5.91 Å². The van der Waals surface area contributed by atoms with Crippen molar-refractivity contribution in [2.24, 2.45) is 0 Å². The number of thioether (sulfide) groups is 1. The lowest BCUT2D eigenvalue weighted by Crippen LogP contribution is -2.23. The molecule has 138 valence electrons. The minimum atomic E-state index is -0.790. The molecule has 2 aromatic rings. The third-order valence-electron chi connectivity index (χ3n) is 3.60. The fraction of sp³-hybridized carbons (Fsp3) is 0.300. The molecule has 0 aliphatic carbocycles. The van der Waals surface area contributed by atoms with Crippen LogP contribution in [0.5, 0.6) is 0 Å². The van der Waals surface area contributed by atoms with Gasteiger partial charge in [-0.05, 0) is 30.2 Å². The quantitative estimate of drug-likeness (QED) is 0.613. The van der Waals surface area contributed by atoms with Gasteiger partial charge in [-0.15, -0.1) is 0 Å². The number of rotatable bonds is 10. The van der Waals surface area contributed by atoms with Crippen LogP contribution in [0.1, 0.15) is 30.6 Å². The van der Waals surface area contributed by atoms with Gasteiger partial charge in [0, 0.05) is 23.8 Å². The number of hydrogen-bond acceptors (Lipinski definition) is 4. The molecular weight excluding hydrogens is 350 g/mol. The average molecular weight is 373 g/mol. The van der Waals surface area contributed by atoms with E-state index in [1.54, 1.807) is 11.8 Å². The lowest BCUT2D eigenvalue weighted by molar-refractivity contribution is -0.136. The van der Waals surface area contributed by atoms with Gasteiger partial charge in [0.1, 0.15) is 0 Å². The third kappa shape index (κ3) is 6.54. The van der Waals surface area contributed by atoms with E-state index in [1.165, 1.54) is 0 Å². The summed E-state index contributed by atoms with van der Waals surface area (Å²) in [5.41, 5.74) is 2.55. The summed E-state index contributed by atoms with van der Waals surface area (Å²) in [6.45, 7) is 2.30. The number of carboxylic acids is 1. The Hall–Kier alpha value is -2.31. The van der Waals surface area contributed by atoms with Crippen LogP contribution in [0, 0.1) is 0 Å². The Morgan fingerprint density at radius 1 is 1.15 bits per heavy atom. The minimum Gasteiger partial charge on any atom is -0.481 e. The minimum absolute atomic E-state index is 0.147. The normalized spacial score (nSPS) is 11.7. The van der Waals surface area contributed by atoms with Crippen molar-refractivity contribution in [2.45, 2.75) is 25.2 Å². The molecule has 2 N–H and O–H groups in total. The van der Waals surface area contributed by atoms with Crippen LogP contribution in [-0.4, -0.2) is 29.3 Å². The monoisotopic (exact) mass is 373 g/mol. The number of amides is 1. The van der Waals surface area contributed by atoms with Crippen molar-refractivity contribution in [1.29, 1.82) is 0 Å². The van der Waals surface area contributed by atoms with Crippen LogP contribution in [0.2, 0.25) is 0 Å². The Morgan fingerprint density at radius 3 is 2.62 bits per heavy atom. The molecule has 2 aromatic carbocycles. The number of carboxylic acid groups (broad SMARTS) is 1. The Balaban J connectivity index is 1.98. The van der Waals surface area contributed by atoms with Crippen molar-refractivity contribution in [1.82, 2.24) is 0 Å². The molecule has 0 heterocycles. The number of benzene rings is 2. The molecule has 6 heteroatoms. The highest BCUT2D eigenvalue weighted by Crippen LogP contribution is 2.21. The van der Waals surface area contributed by atoms with Crippen molar-refractivity contribution < 1.29 is 19.4 Å². The molecule has 1 atom stereocenters. The predicted octanol–water partition coefficient (Wildman–Crippen LogP) is 4.11. The number of hydrogen-bond donors (Lipinski definition) is 2. The van der Waals surface area contributed by atoms with Crippen LogP contribution in [0.15, 0.2) is 54.6 Å². The highest BCUT2D eigenvalue weighted by Gasteiger charge is 2.20. The van der Waals surface area contributed by atoms with Gasteiger partial charge in [-0.2, -0.15) is 11.8 Å². The van der Waals surface area contributed by atoms with Gasteiger partial charge in [0.2, 0.25) is 0 Å². The fourth-order valence-corrected chi connectivity index (χ4v) is 3.29. The van der Waals surface area contributed by atoms with Crippen LogP contribution in [0.25, 0.3) is 0 Å². The smallest absolute Gasteiger partial charge is 0.304 e. The summed E-state index contributed by atoms with van der Waals surface area (Å²) >= 11 is 1.56. The van der Waals surface area contributed by atoms with Crippen molar-refractivity contribution in [3.05, 3.63) is 65.7 Å². The zero-order chi connectivity index (χ0) is 18.8. The molecule has 0 aliphatic rings. The third-order valence-corrected chi connectivity index (χ3v) is 4.63. The average Bonchev–Trinajstić information content (AvgIpc) is 2.64. The van der Waals surface area contributed by atoms with Crippen LogP contribution in [0.3, 0.4) is 0 Å². The Bertz CT molecular complexity index is 721. The number of carbonyl (C=O) groups is 2. The number of ether oxygens (including phenoxy) is 1. The summed E-state index contributed by atoms with van der Waals surface area (Å²) < 4.78 is 5.62. The Labute approximate surface area is 157 Å². The van der Waals surface area contributed by atoms with Crippen LogP contribution in [-0.2, 0) is 20.1 Å². The summed E-state index contributed by atoms with van der Waals surface area (Å²) in [5, 5.41) is 11.6. The van der Waals surface area contributed by atoms with Gasteiger partial charge in [-0.1, -0.05) is 42.5 Å². The van der Waals surface area contributed by atoms with E-state index >= 15 is 0 Å². The zero-order valence-corrected chi connectivity index (χ0v) is 15.5. The van der Waals surface area contributed by atoms with Crippen molar-refractivity contribution in [2.75, 3.05) is 17.7 Å². The van der Waals surface area contributed by atoms with Crippen molar-refractivity contribution in [3.63, 3.8) is 0 Å². The van der Waals surface area contributed by atoms with E-state index in [9.17, 15) is 9.59 Å². The van der Waals surface area contributed by atoms with E-state index in [0.717, 1.165) is 11.1 Å². The largest absolute Gasteiger partial charge is 0.481 e. The van der Waals surface area contributed by atoms with Gasteiger partial charge < -0.3 is 15.2 Å². The SMILES string of the molecule is CCOC(C(=O)Nc1cccc(CSCCC(=O)O)c1)c1ccccc1. The predicted molar refractivity (Wildman–Crippen MR) is 104 cm³/mol. The summed E-state index contributed by atoms with van der Waals surface area (Å²) in [4.78, 5) is 23.2. The van der Waals surface area contributed by atoms with E-state index in [-0.39, 0.29) is 12.3 Å². The van der Waals surface area contributed by atoms with Gasteiger partial charge in [-0.3, -0.25) is 9.59 Å². The highest BCUT2D eigenvalue weighted by molar-refractivity contribution is 7.98. The second-order valence-corrected chi connectivity index (χ2v) is 6.74. The van der Waals surface area contributed by atoms with Gasteiger partial charge >= 0.3 is 5.97 Å². The van der Waals surface area contributed by atoms with Crippen molar-refractivity contribution in [3.8, 4) is 0 Å². The maximum atomic E-state index is 12.6. The van der Waals surface area contributed by atoms with E-state index in [2.05, 4.69) is 5.32 Å². The number of aliphatic carboxylic acids is 1. The fourth-order valence-electron chi connectivity index (χ4n) is 2.41. The first-order valence-electron chi connectivity index (χ1n) is 8.46. The number of anilines is 1. The van der Waals surface area contributed by atoms with Crippen LogP contribution < -0.4 is 5.32 Å². The first-order chi connectivity index (χ1) is 12.6. The molecule has 0 bridgehead atoms. The lowest BCUT2D eigenvalue weighted by Gasteiger charge is -2.17. The molecule has 0 radical (unpaired) electrons. The van der Waals surface area contributed by atoms with Gasteiger partial charge in [0.05, 0.1) is 6.42 Å². The Morgan fingerprint density at radius 2 is 1.92 bits per heavy atom. The van der Waals surface area contributed by atoms with E-state index in [1.807, 2.05) is 61.5 Å². The summed E-state index contributed by atoms with van der Waals surface area (Å²) in [6, 6.07) is 17.0. The van der Waals surface area contributed by atoms with Crippen LogP contribution in [0.4, 0.5) is 5.69 Å². The molecule has 26 heavy (non-hydrogen) atoms. The molecular formula is C20H23NO4S. The van der Waals surface area contributed by atoms with Crippen LogP contribution >= 0.6 is 11.8 Å². The topological polar surface area (TPSA) is 75.6 Å². The van der Waals surface area contributed by atoms with Gasteiger partial charge in [0.15, 0.2) is 6.10 Å². The second-order valence-electron chi connectivity index (χ2n) is 5.63. The van der Waals surface area contributed by atoms with E-state index in [0.29, 0.717) is 23.8 Å². The maximum absolute atomic E-state index is 12.6. The Kier molecular flexibility index (Phi) is 8.18. The molecule has 0 aromatic heterocycles. The maximum Gasteiger partial charge on any atom is 0.304 e. The molecule has 0 fully saturated rings. The molecule has 0 spiro atoms. The zero-order valence-electron chi connectivity index (χ0n) is 14.7. The van der Waals surface area contributed by atoms with Crippen molar-refractivity contribution >= 4 is 29.3 Å². The summed E-state index contributed by atoms with van der Waals surface area (Å²) in [7, 11) is 0. The first-order valence-corrected chi connectivity index (χ1v) is 9.61. The molecule has 0 saturated heterocycles. The van der Waals surface area contributed by atoms with E-state index in [4.69, 9.17) is 9.84 Å². The summed E-state index contributed by atoms with van der Waals surface area (Å²) in [5.74, 6) is 0.256. The molecule has 2 rings (SSSR count). The molecule has 0 saturated carbocycles. The highest BCUT2D eigenvalue weighted by atomic mass is 32.2. The standard InChI is InChI=1S/C20H23NO4S/c1-2-25-19(16-8-4-3-5-9-16)20(24)21-17-10-6-7-15(13-17)14-26-12-11-18(22)23/h3-10,13,19H,2,11-12,14H2,1H3,(H,21,24)(H,22,23). The lowest BCUT2D eigenvalue weighted by atomic mass is 10.1. The first kappa shape index (κ1) is 20.0. The number of nitrogens with one attached hydrogen (secondary N) is 1. The number of carbonyl (C=O) groups excluding carboxylic acids is 1. The molecule has 0 aliphatic heterocycles. The molecule has 1 amide bonds. The molecule has 5 nitrogen and oxygen atoms in total. The summed E-state index contributed by atoms with van der Waals surface area (Å²) in [6.07, 6.45) is -0.511. The second kappa shape index (κ2) is 10.6. The molecule has 1 unspecified atom stereocenters. The van der Waals surface area contributed by atoms with Gasteiger partial charge in [-0.25, -0.2) is 0 Å².